The summed E-state index contributed by atoms with van der Waals surface area (Å²) in [6.07, 6.45) is -1.42. The van der Waals surface area contributed by atoms with Gasteiger partial charge in [-0.05, 0) is 23.7 Å². The van der Waals surface area contributed by atoms with Gasteiger partial charge in [-0.25, -0.2) is 9.78 Å². The number of hydrogen-bond donors (Lipinski definition) is 2. The fourth-order valence-corrected chi connectivity index (χ4v) is 5.20. The summed E-state index contributed by atoms with van der Waals surface area (Å²) in [6, 6.07) is 3.23. The summed E-state index contributed by atoms with van der Waals surface area (Å²) in [5.74, 6) is 0.378. The van der Waals surface area contributed by atoms with E-state index in [1.165, 1.54) is 23.0 Å². The minimum Gasteiger partial charge on any atom is -0.446 e. The Labute approximate surface area is 189 Å². The molecule has 5 heterocycles. The highest BCUT2D eigenvalue weighted by atomic mass is 35.5. The zero-order valence-corrected chi connectivity index (χ0v) is 18.7. The number of rotatable bonds is 4. The summed E-state index contributed by atoms with van der Waals surface area (Å²) in [5, 5.41) is 22.1. The van der Waals surface area contributed by atoms with Crippen LogP contribution < -0.4 is 11.2 Å². The van der Waals surface area contributed by atoms with Crippen LogP contribution in [-0.4, -0.2) is 41.6 Å². The topological polar surface area (TPSA) is 125 Å². The Kier molecular flexibility index (Phi) is 5.10. The monoisotopic (exact) mass is 478 g/mol. The maximum atomic E-state index is 13.3. The number of aliphatic hydroxyl groups excluding tert-OH is 2. The van der Waals surface area contributed by atoms with Crippen LogP contribution in [0.4, 0.5) is 0 Å². The van der Waals surface area contributed by atoms with Crippen molar-refractivity contribution in [1.82, 2.24) is 18.7 Å². The van der Waals surface area contributed by atoms with E-state index < -0.39 is 23.5 Å². The molecule has 4 aromatic rings. The third kappa shape index (κ3) is 3.00. The average Bonchev–Trinajstić information content (AvgIpc) is 3.51. The minimum absolute atomic E-state index is 0.162. The molecule has 0 amide bonds. The van der Waals surface area contributed by atoms with E-state index in [1.54, 1.807) is 24.6 Å². The number of halogens is 1. The Bertz CT molecular complexity index is 1460. The van der Waals surface area contributed by atoms with Crippen molar-refractivity contribution in [2.45, 2.75) is 25.4 Å². The van der Waals surface area contributed by atoms with Gasteiger partial charge < -0.3 is 23.9 Å². The molecule has 0 fully saturated rings. The molecule has 0 bridgehead atoms. The van der Waals surface area contributed by atoms with Gasteiger partial charge in [-0.2, -0.15) is 0 Å². The van der Waals surface area contributed by atoms with E-state index in [0.29, 0.717) is 38.8 Å². The maximum Gasteiger partial charge on any atom is 0.331 e. The average molecular weight is 479 g/mol. The predicted molar refractivity (Wildman–Crippen MR) is 117 cm³/mol. The summed E-state index contributed by atoms with van der Waals surface area (Å²) in [5.41, 5.74) is 0.929. The Hall–Kier alpha value is -2.70. The van der Waals surface area contributed by atoms with Crippen molar-refractivity contribution in [3.8, 4) is 10.7 Å². The van der Waals surface area contributed by atoms with Crippen LogP contribution in [0.1, 0.15) is 23.3 Å². The van der Waals surface area contributed by atoms with Gasteiger partial charge in [-0.15, -0.1) is 11.3 Å². The molecule has 4 aromatic heterocycles. The number of hydrogen-bond acceptors (Lipinski definition) is 8. The molecule has 1 aliphatic heterocycles. The Balaban J connectivity index is 1.94. The molecule has 0 spiro atoms. The maximum absolute atomic E-state index is 13.3. The van der Waals surface area contributed by atoms with E-state index in [9.17, 15) is 19.8 Å². The lowest BCUT2D eigenvalue weighted by Crippen LogP contribution is -2.37. The molecule has 2 N–H and O–H groups in total. The van der Waals surface area contributed by atoms with Gasteiger partial charge >= 0.3 is 5.69 Å². The number of fused-ring (bicyclic) bond motifs is 3. The number of aryl methyl sites for hydroxylation is 1. The highest BCUT2D eigenvalue weighted by Crippen LogP contribution is 2.43. The zero-order chi connectivity index (χ0) is 22.7. The Morgan fingerprint density at radius 2 is 2.03 bits per heavy atom. The molecule has 0 unspecified atom stereocenters. The van der Waals surface area contributed by atoms with Gasteiger partial charge in [0.25, 0.3) is 5.56 Å². The number of ether oxygens (including phenoxy) is 1. The van der Waals surface area contributed by atoms with Gasteiger partial charge in [0.15, 0.2) is 11.3 Å². The number of nitrogens with zero attached hydrogens (tertiary/aromatic N) is 4. The molecule has 10 nitrogen and oxygen atoms in total. The lowest BCUT2D eigenvalue weighted by atomic mass is 10.1. The van der Waals surface area contributed by atoms with Gasteiger partial charge in [-0.1, -0.05) is 0 Å². The third-order valence-electron chi connectivity index (χ3n) is 5.64. The van der Waals surface area contributed by atoms with Crippen molar-refractivity contribution in [3.63, 3.8) is 0 Å². The molecule has 0 radical (unpaired) electrons. The van der Waals surface area contributed by atoms with E-state index in [-0.39, 0.29) is 25.0 Å². The minimum atomic E-state index is -0.820. The van der Waals surface area contributed by atoms with Crippen LogP contribution in [0.3, 0.4) is 0 Å². The van der Waals surface area contributed by atoms with Crippen LogP contribution in [0, 0.1) is 0 Å². The predicted octanol–water partition coefficient (Wildman–Crippen LogP) is 1.38. The molecule has 0 aromatic carbocycles. The second kappa shape index (κ2) is 7.71. The normalized spacial score (nSPS) is 18.4. The summed E-state index contributed by atoms with van der Waals surface area (Å²) >= 11 is 7.28. The number of thiazole rings is 1. The van der Waals surface area contributed by atoms with Gasteiger partial charge in [0, 0.05) is 19.5 Å². The van der Waals surface area contributed by atoms with Gasteiger partial charge in [-0.3, -0.25) is 13.9 Å². The number of furan rings is 1. The largest absolute Gasteiger partial charge is 0.446 e. The fraction of sp³-hybridized carbons (Fsp3) is 0.350. The van der Waals surface area contributed by atoms with E-state index in [2.05, 4.69) is 4.98 Å². The van der Waals surface area contributed by atoms with E-state index in [0.717, 1.165) is 4.57 Å². The SMILES string of the molecule is Cn1c(=O)c2c(-c3nc(CO)cs3)n3c(c2n(C)c1=O)[C@H](c1ccc(Cl)o1)O[C@@H](CO)C3. The second-order valence-corrected chi connectivity index (χ2v) is 8.77. The smallest absolute Gasteiger partial charge is 0.331 e. The van der Waals surface area contributed by atoms with Gasteiger partial charge in [0.05, 0.1) is 53.8 Å². The molecule has 0 saturated carbocycles. The van der Waals surface area contributed by atoms with E-state index in [1.807, 2.05) is 4.57 Å². The van der Waals surface area contributed by atoms with Crippen molar-refractivity contribution < 1.29 is 19.4 Å². The molecule has 5 rings (SSSR count). The van der Waals surface area contributed by atoms with E-state index in [4.69, 9.17) is 20.8 Å². The second-order valence-electron chi connectivity index (χ2n) is 7.54. The van der Waals surface area contributed by atoms with Crippen molar-refractivity contribution >= 4 is 33.8 Å². The van der Waals surface area contributed by atoms with Crippen molar-refractivity contribution in [2.75, 3.05) is 6.61 Å². The number of aliphatic hydroxyl groups is 2. The Morgan fingerprint density at radius 3 is 2.66 bits per heavy atom. The lowest BCUT2D eigenvalue weighted by molar-refractivity contribution is -0.0589. The van der Waals surface area contributed by atoms with Crippen LogP contribution in [0.15, 0.2) is 31.5 Å². The van der Waals surface area contributed by atoms with E-state index >= 15 is 0 Å². The molecule has 32 heavy (non-hydrogen) atoms. The van der Waals surface area contributed by atoms with Crippen molar-refractivity contribution in [1.29, 1.82) is 0 Å². The summed E-state index contributed by atoms with van der Waals surface area (Å²) in [4.78, 5) is 30.6. The van der Waals surface area contributed by atoms with Gasteiger partial charge in [0.1, 0.15) is 10.8 Å². The van der Waals surface area contributed by atoms with Crippen LogP contribution in [0.25, 0.3) is 21.6 Å². The summed E-state index contributed by atoms with van der Waals surface area (Å²) in [7, 11) is 3.00. The molecule has 168 valence electrons. The van der Waals surface area contributed by atoms with Crippen LogP contribution in [0.5, 0.6) is 0 Å². The molecule has 0 saturated heterocycles. The van der Waals surface area contributed by atoms with Crippen molar-refractivity contribution in [2.24, 2.45) is 14.1 Å². The Morgan fingerprint density at radius 1 is 1.25 bits per heavy atom. The molecule has 0 aliphatic carbocycles. The quantitative estimate of drug-likeness (QED) is 0.454. The molecular weight excluding hydrogens is 460 g/mol. The molecular formula is C20H19ClN4O6S. The van der Waals surface area contributed by atoms with Crippen molar-refractivity contribution in [3.05, 3.63) is 60.7 Å². The zero-order valence-electron chi connectivity index (χ0n) is 17.1. The van der Waals surface area contributed by atoms with Gasteiger partial charge in [0.2, 0.25) is 0 Å². The first-order chi connectivity index (χ1) is 15.3. The lowest BCUT2D eigenvalue weighted by Gasteiger charge is -2.31. The van der Waals surface area contributed by atoms with Crippen LogP contribution >= 0.6 is 22.9 Å². The summed E-state index contributed by atoms with van der Waals surface area (Å²) in [6.45, 7) is -0.282. The van der Waals surface area contributed by atoms with Crippen LogP contribution in [-0.2, 0) is 32.0 Å². The fourth-order valence-electron chi connectivity index (χ4n) is 4.18. The molecule has 12 heteroatoms. The molecule has 1 aliphatic rings. The first-order valence-corrected chi connectivity index (χ1v) is 11.0. The first-order valence-electron chi connectivity index (χ1n) is 9.75. The standard InChI is InChI=1S/C20H19ClN4O6S/c1-23-14-13(19(28)24(2)20(23)29)15(18-22-9(6-26)8-32-18)25-5-10(7-27)30-17(16(14)25)11-3-4-12(21)31-11/h3-4,8,10,17,26-27H,5-7H2,1-2H3/t10-,17+/m1/s1. The number of aromatic nitrogens is 4. The third-order valence-corrected chi connectivity index (χ3v) is 6.74. The van der Waals surface area contributed by atoms with Crippen LogP contribution in [0.2, 0.25) is 5.22 Å². The first kappa shape index (κ1) is 21.2. The summed E-state index contributed by atoms with van der Waals surface area (Å²) < 4.78 is 16.0. The molecule has 2 atom stereocenters. The highest BCUT2D eigenvalue weighted by molar-refractivity contribution is 7.13. The highest BCUT2D eigenvalue weighted by Gasteiger charge is 2.38.